The van der Waals surface area contributed by atoms with Crippen molar-refractivity contribution in [1.82, 2.24) is 10.2 Å². The molecule has 10 heteroatoms. The number of likely N-dealkylation sites (N-methyl/N-ethyl adjacent to an activating group) is 1. The van der Waals surface area contributed by atoms with E-state index in [4.69, 9.17) is 4.74 Å². The number of amides is 2. The zero-order chi connectivity index (χ0) is 27.0. The summed E-state index contributed by atoms with van der Waals surface area (Å²) in [5.41, 5.74) is 1.15. The molecule has 3 aromatic rings. The zero-order valence-corrected chi connectivity index (χ0v) is 21.7. The fourth-order valence-electron chi connectivity index (χ4n) is 3.96. The van der Waals surface area contributed by atoms with Gasteiger partial charge in [-0.05, 0) is 23.8 Å². The first kappa shape index (κ1) is 27.7. The normalized spacial score (nSPS) is 11.9. The van der Waals surface area contributed by atoms with Crippen LogP contribution in [-0.4, -0.2) is 58.1 Å². The molecule has 0 aliphatic carbocycles. The van der Waals surface area contributed by atoms with Crippen LogP contribution in [0.3, 0.4) is 0 Å². The van der Waals surface area contributed by atoms with Crippen molar-refractivity contribution in [1.29, 1.82) is 0 Å². The summed E-state index contributed by atoms with van der Waals surface area (Å²) in [7, 11) is -1.10. The third-order valence-corrected chi connectivity index (χ3v) is 6.98. The summed E-state index contributed by atoms with van der Waals surface area (Å²) in [5.74, 6) is -1.42. The highest BCUT2D eigenvalue weighted by Crippen LogP contribution is 2.30. The summed E-state index contributed by atoms with van der Waals surface area (Å²) in [4.78, 5) is 28.1. The van der Waals surface area contributed by atoms with E-state index in [9.17, 15) is 22.4 Å². The van der Waals surface area contributed by atoms with E-state index in [0.717, 1.165) is 16.1 Å². The predicted octanol–water partition coefficient (Wildman–Crippen LogP) is 2.99. The van der Waals surface area contributed by atoms with Crippen molar-refractivity contribution >= 4 is 27.5 Å². The molecule has 0 spiro atoms. The number of rotatable bonds is 11. The fourth-order valence-corrected chi connectivity index (χ4v) is 4.81. The summed E-state index contributed by atoms with van der Waals surface area (Å²) in [6.07, 6.45) is 1.13. The second kappa shape index (κ2) is 12.4. The Kier molecular flexibility index (Phi) is 9.24. The molecule has 0 radical (unpaired) electrons. The molecule has 0 aliphatic heterocycles. The second-order valence-electron chi connectivity index (χ2n) is 8.37. The van der Waals surface area contributed by atoms with Crippen LogP contribution < -0.4 is 14.4 Å². The number of sulfonamides is 1. The summed E-state index contributed by atoms with van der Waals surface area (Å²) < 4.78 is 46.4. The summed E-state index contributed by atoms with van der Waals surface area (Å²) in [5, 5.41) is 2.58. The minimum atomic E-state index is -3.94. The Hall–Kier alpha value is -3.92. The Bertz CT molecular complexity index is 1330. The lowest BCUT2D eigenvalue weighted by atomic mass is 10.0. The second-order valence-corrected chi connectivity index (χ2v) is 10.3. The Balaban J connectivity index is 2.06. The van der Waals surface area contributed by atoms with E-state index in [1.54, 1.807) is 24.3 Å². The van der Waals surface area contributed by atoms with Crippen molar-refractivity contribution in [2.24, 2.45) is 0 Å². The van der Waals surface area contributed by atoms with Crippen LogP contribution in [0, 0.1) is 5.82 Å². The van der Waals surface area contributed by atoms with Crippen LogP contribution in [0.15, 0.2) is 78.9 Å². The number of hydrogen-bond donors (Lipinski definition) is 1. The van der Waals surface area contributed by atoms with Gasteiger partial charge >= 0.3 is 0 Å². The van der Waals surface area contributed by atoms with E-state index in [-0.39, 0.29) is 30.0 Å². The molecular formula is C27H30FN3O5S. The van der Waals surface area contributed by atoms with Gasteiger partial charge in [0.25, 0.3) is 0 Å². The molecule has 3 rings (SSSR count). The number of methoxy groups -OCH3 is 1. The molecule has 3 aromatic carbocycles. The minimum Gasteiger partial charge on any atom is -0.495 e. The van der Waals surface area contributed by atoms with Gasteiger partial charge in [0, 0.05) is 25.6 Å². The van der Waals surface area contributed by atoms with Crippen LogP contribution in [0.4, 0.5) is 10.1 Å². The van der Waals surface area contributed by atoms with Gasteiger partial charge in [-0.1, -0.05) is 60.7 Å². The highest BCUT2D eigenvalue weighted by Gasteiger charge is 2.33. The molecule has 196 valence electrons. The number of halogens is 1. The molecule has 2 amide bonds. The quantitative estimate of drug-likeness (QED) is 0.414. The third kappa shape index (κ3) is 7.07. The highest BCUT2D eigenvalue weighted by atomic mass is 32.2. The number of carbonyl (C=O) groups is 2. The average molecular weight is 528 g/mol. The van der Waals surface area contributed by atoms with Gasteiger partial charge in [-0.2, -0.15) is 0 Å². The van der Waals surface area contributed by atoms with Crippen LogP contribution in [0.1, 0.15) is 11.1 Å². The van der Waals surface area contributed by atoms with Gasteiger partial charge in [-0.15, -0.1) is 0 Å². The average Bonchev–Trinajstić information content (AvgIpc) is 2.89. The molecule has 1 unspecified atom stereocenters. The Morgan fingerprint density at radius 1 is 0.973 bits per heavy atom. The molecule has 0 heterocycles. The first-order valence-electron chi connectivity index (χ1n) is 11.5. The summed E-state index contributed by atoms with van der Waals surface area (Å²) in [6.45, 7) is -0.851. The monoisotopic (exact) mass is 527 g/mol. The maximum absolute atomic E-state index is 14.6. The molecule has 1 atom stereocenters. The molecular weight excluding hydrogens is 497 g/mol. The lowest BCUT2D eigenvalue weighted by molar-refractivity contribution is -0.139. The van der Waals surface area contributed by atoms with Gasteiger partial charge in [-0.25, -0.2) is 12.8 Å². The predicted molar refractivity (Wildman–Crippen MR) is 140 cm³/mol. The van der Waals surface area contributed by atoms with Gasteiger partial charge < -0.3 is 15.0 Å². The van der Waals surface area contributed by atoms with Crippen molar-refractivity contribution in [2.45, 2.75) is 19.0 Å². The standard InChI is InChI=1S/C27H30FN3O5S/c1-29-27(33)24(17-20-11-5-4-6-12-20)30(18-21-13-7-8-14-22(21)28)26(32)19-31(37(3,34)35)23-15-9-10-16-25(23)36-2/h4-16,24H,17-19H2,1-3H3,(H,29,33). The molecule has 0 aromatic heterocycles. The molecule has 0 bridgehead atoms. The number of para-hydroxylation sites is 2. The highest BCUT2D eigenvalue weighted by molar-refractivity contribution is 7.92. The number of hydrogen-bond acceptors (Lipinski definition) is 5. The number of nitrogens with one attached hydrogen (secondary N) is 1. The molecule has 0 fully saturated rings. The Labute approximate surface area is 216 Å². The smallest absolute Gasteiger partial charge is 0.244 e. The van der Waals surface area contributed by atoms with Crippen molar-refractivity contribution in [3.8, 4) is 5.75 Å². The van der Waals surface area contributed by atoms with Crippen LogP contribution in [0.5, 0.6) is 5.75 Å². The van der Waals surface area contributed by atoms with Gasteiger partial charge in [0.05, 0.1) is 19.1 Å². The number of nitrogens with zero attached hydrogens (tertiary/aromatic N) is 2. The Morgan fingerprint density at radius 2 is 1.59 bits per heavy atom. The van der Waals surface area contributed by atoms with Gasteiger partial charge in [0.2, 0.25) is 21.8 Å². The number of carbonyl (C=O) groups excluding carboxylic acids is 2. The maximum atomic E-state index is 14.6. The molecule has 37 heavy (non-hydrogen) atoms. The Morgan fingerprint density at radius 3 is 2.22 bits per heavy atom. The van der Waals surface area contributed by atoms with E-state index in [2.05, 4.69) is 5.32 Å². The SMILES string of the molecule is CNC(=O)C(Cc1ccccc1)N(Cc1ccccc1F)C(=O)CN(c1ccccc1OC)S(C)(=O)=O. The first-order valence-corrected chi connectivity index (χ1v) is 13.4. The maximum Gasteiger partial charge on any atom is 0.244 e. The van der Waals surface area contributed by atoms with E-state index >= 15 is 0 Å². The van der Waals surface area contributed by atoms with Gasteiger partial charge in [0.1, 0.15) is 24.2 Å². The summed E-state index contributed by atoms with van der Waals surface area (Å²) >= 11 is 0. The molecule has 0 aliphatic rings. The van der Waals surface area contributed by atoms with Gasteiger partial charge in [-0.3, -0.25) is 13.9 Å². The van der Waals surface area contributed by atoms with Gasteiger partial charge in [0.15, 0.2) is 0 Å². The van der Waals surface area contributed by atoms with Crippen LogP contribution in [0.2, 0.25) is 0 Å². The lowest BCUT2D eigenvalue weighted by Crippen LogP contribution is -2.53. The van der Waals surface area contributed by atoms with Crippen molar-refractivity contribution in [2.75, 3.05) is 31.3 Å². The van der Waals surface area contributed by atoms with E-state index < -0.39 is 40.2 Å². The lowest BCUT2D eigenvalue weighted by Gasteiger charge is -2.33. The van der Waals surface area contributed by atoms with E-state index in [1.807, 2.05) is 30.3 Å². The molecule has 0 saturated carbocycles. The molecule has 1 N–H and O–H groups in total. The topological polar surface area (TPSA) is 96.0 Å². The van der Waals surface area contributed by atoms with Crippen molar-refractivity contribution in [3.63, 3.8) is 0 Å². The van der Waals surface area contributed by atoms with Crippen molar-refractivity contribution in [3.05, 3.63) is 95.8 Å². The summed E-state index contributed by atoms with van der Waals surface area (Å²) in [6, 6.07) is 20.4. The zero-order valence-electron chi connectivity index (χ0n) is 20.9. The largest absolute Gasteiger partial charge is 0.495 e. The third-order valence-electron chi connectivity index (χ3n) is 5.85. The van der Waals surface area contributed by atoms with Crippen LogP contribution in [0.25, 0.3) is 0 Å². The molecule has 8 nitrogen and oxygen atoms in total. The number of benzene rings is 3. The minimum absolute atomic E-state index is 0.147. The number of anilines is 1. The fraction of sp³-hybridized carbons (Fsp3) is 0.259. The van der Waals surface area contributed by atoms with Crippen molar-refractivity contribution < 1.29 is 27.1 Å². The first-order chi connectivity index (χ1) is 17.7. The van der Waals surface area contributed by atoms with Crippen LogP contribution in [-0.2, 0) is 32.6 Å². The molecule has 0 saturated heterocycles. The van der Waals surface area contributed by atoms with E-state index in [0.29, 0.717) is 0 Å². The van der Waals surface area contributed by atoms with E-state index in [1.165, 1.54) is 43.3 Å². The van der Waals surface area contributed by atoms with Crippen LogP contribution >= 0.6 is 0 Å². The number of ether oxygens (including phenoxy) is 1.